The minimum absolute atomic E-state index is 0.406. The van der Waals surface area contributed by atoms with Crippen LogP contribution >= 0.6 is 11.8 Å². The second-order valence-electron chi connectivity index (χ2n) is 7.35. The van der Waals surface area contributed by atoms with Crippen molar-refractivity contribution >= 4 is 17.4 Å². The Labute approximate surface area is 169 Å². The number of hydrogen-bond acceptors (Lipinski definition) is 6. The molecule has 1 saturated carbocycles. The first-order valence-corrected chi connectivity index (χ1v) is 10.8. The van der Waals surface area contributed by atoms with Gasteiger partial charge in [0.1, 0.15) is 0 Å². The van der Waals surface area contributed by atoms with Gasteiger partial charge in [0.2, 0.25) is 11.0 Å². The van der Waals surface area contributed by atoms with Gasteiger partial charge in [-0.2, -0.15) is 4.98 Å². The molecule has 6 heteroatoms. The molecule has 1 aliphatic carbocycles. The lowest BCUT2D eigenvalue weighted by molar-refractivity contribution is 0.0536. The molecule has 0 atom stereocenters. The molecular formula is C22H22N4OS. The Morgan fingerprint density at radius 3 is 2.57 bits per heavy atom. The molecule has 1 fully saturated rings. The van der Waals surface area contributed by atoms with E-state index in [2.05, 4.69) is 39.8 Å². The molecule has 0 amide bonds. The van der Waals surface area contributed by atoms with Crippen LogP contribution in [0.4, 0.5) is 5.69 Å². The van der Waals surface area contributed by atoms with E-state index in [1.165, 1.54) is 12.0 Å². The van der Waals surface area contributed by atoms with E-state index in [0.29, 0.717) is 11.0 Å². The molecule has 5 rings (SSSR count). The Hall–Kier alpha value is -2.60. The van der Waals surface area contributed by atoms with Gasteiger partial charge < -0.3 is 10.1 Å². The summed E-state index contributed by atoms with van der Waals surface area (Å²) in [5, 5.41) is 13.2. The van der Waals surface area contributed by atoms with Crippen molar-refractivity contribution in [1.82, 2.24) is 15.2 Å². The molecule has 1 N–H and O–H groups in total. The molecule has 0 radical (unpaired) electrons. The SMILES string of the molecule is c1ccc(CSc2nnc3c(n2)OC2(CCCCC2)Nc2ccccc2-3)cc1. The number of hydrogen-bond donors (Lipinski definition) is 1. The Balaban J connectivity index is 1.50. The van der Waals surface area contributed by atoms with Crippen LogP contribution in [0.3, 0.4) is 0 Å². The molecule has 1 aliphatic heterocycles. The number of thioether (sulfide) groups is 1. The molecule has 142 valence electrons. The molecule has 2 aliphatic rings. The first-order chi connectivity index (χ1) is 13.8. The smallest absolute Gasteiger partial charge is 0.247 e. The number of para-hydroxylation sites is 1. The normalized spacial score (nSPS) is 17.0. The van der Waals surface area contributed by atoms with E-state index < -0.39 is 5.72 Å². The van der Waals surface area contributed by atoms with Crippen molar-refractivity contribution in [2.75, 3.05) is 5.32 Å². The maximum atomic E-state index is 6.52. The van der Waals surface area contributed by atoms with Gasteiger partial charge in [0.05, 0.1) is 0 Å². The predicted molar refractivity (Wildman–Crippen MR) is 111 cm³/mol. The molecule has 0 saturated heterocycles. The van der Waals surface area contributed by atoms with Crippen LogP contribution in [-0.4, -0.2) is 20.9 Å². The van der Waals surface area contributed by atoms with Crippen molar-refractivity contribution in [1.29, 1.82) is 0 Å². The molecule has 2 heterocycles. The first-order valence-electron chi connectivity index (χ1n) is 9.79. The molecule has 28 heavy (non-hydrogen) atoms. The second-order valence-corrected chi connectivity index (χ2v) is 8.29. The standard InChI is InChI=1S/C22H22N4OS/c1-3-9-16(10-4-1)15-28-21-23-20-19(25-26-21)17-11-5-6-12-18(17)24-22(27-20)13-7-2-8-14-22/h1,3-6,9-12,24H,2,7-8,13-15H2. The van der Waals surface area contributed by atoms with Gasteiger partial charge in [-0.3, -0.25) is 0 Å². The van der Waals surface area contributed by atoms with E-state index in [0.717, 1.165) is 48.4 Å². The summed E-state index contributed by atoms with van der Waals surface area (Å²) < 4.78 is 6.52. The van der Waals surface area contributed by atoms with Crippen LogP contribution < -0.4 is 10.1 Å². The van der Waals surface area contributed by atoms with Crippen LogP contribution in [0.5, 0.6) is 5.88 Å². The third-order valence-electron chi connectivity index (χ3n) is 5.34. The van der Waals surface area contributed by atoms with Gasteiger partial charge in [-0.25, -0.2) is 0 Å². The Morgan fingerprint density at radius 2 is 1.71 bits per heavy atom. The number of ether oxygens (including phenoxy) is 1. The van der Waals surface area contributed by atoms with Gasteiger partial charge in [0.15, 0.2) is 11.4 Å². The summed E-state index contributed by atoms with van der Waals surface area (Å²) in [7, 11) is 0. The van der Waals surface area contributed by atoms with Crippen molar-refractivity contribution in [2.24, 2.45) is 0 Å². The highest BCUT2D eigenvalue weighted by molar-refractivity contribution is 7.98. The fourth-order valence-electron chi connectivity index (χ4n) is 3.93. The number of anilines is 1. The number of aromatic nitrogens is 3. The largest absolute Gasteiger partial charge is 0.449 e. The summed E-state index contributed by atoms with van der Waals surface area (Å²) in [6.07, 6.45) is 5.49. The van der Waals surface area contributed by atoms with Crippen molar-refractivity contribution < 1.29 is 4.74 Å². The van der Waals surface area contributed by atoms with Crippen molar-refractivity contribution in [3.8, 4) is 17.1 Å². The van der Waals surface area contributed by atoms with E-state index in [4.69, 9.17) is 9.72 Å². The lowest BCUT2D eigenvalue weighted by atomic mass is 9.91. The van der Waals surface area contributed by atoms with E-state index in [9.17, 15) is 0 Å². The zero-order chi connectivity index (χ0) is 18.8. The maximum Gasteiger partial charge on any atom is 0.247 e. The highest BCUT2D eigenvalue weighted by atomic mass is 32.2. The van der Waals surface area contributed by atoms with Crippen LogP contribution in [-0.2, 0) is 5.75 Å². The van der Waals surface area contributed by atoms with E-state index in [-0.39, 0.29) is 0 Å². The summed E-state index contributed by atoms with van der Waals surface area (Å²) in [6.45, 7) is 0. The summed E-state index contributed by atoms with van der Waals surface area (Å²) in [5.74, 6) is 1.39. The quantitative estimate of drug-likeness (QED) is 0.613. The molecule has 1 aromatic heterocycles. The van der Waals surface area contributed by atoms with Gasteiger partial charge in [-0.1, -0.05) is 66.7 Å². The van der Waals surface area contributed by atoms with Gasteiger partial charge in [0.25, 0.3) is 0 Å². The Morgan fingerprint density at radius 1 is 0.929 bits per heavy atom. The van der Waals surface area contributed by atoms with E-state index in [1.807, 2.05) is 30.3 Å². The number of fused-ring (bicyclic) bond motifs is 3. The van der Waals surface area contributed by atoms with Crippen molar-refractivity contribution in [2.45, 2.75) is 48.7 Å². The van der Waals surface area contributed by atoms with Gasteiger partial charge >= 0.3 is 0 Å². The minimum Gasteiger partial charge on any atom is -0.449 e. The third-order valence-corrected chi connectivity index (χ3v) is 6.25. The molecule has 1 spiro atoms. The molecule has 5 nitrogen and oxygen atoms in total. The fourth-order valence-corrected chi connectivity index (χ4v) is 4.66. The lowest BCUT2D eigenvalue weighted by Crippen LogP contribution is -2.45. The van der Waals surface area contributed by atoms with E-state index >= 15 is 0 Å². The summed E-state index contributed by atoms with van der Waals surface area (Å²) >= 11 is 1.58. The second kappa shape index (κ2) is 7.43. The minimum atomic E-state index is -0.406. The maximum absolute atomic E-state index is 6.52. The van der Waals surface area contributed by atoms with Crippen LogP contribution in [0.15, 0.2) is 59.8 Å². The average molecular weight is 391 g/mol. The van der Waals surface area contributed by atoms with Crippen molar-refractivity contribution in [3.63, 3.8) is 0 Å². The molecule has 3 aromatic rings. The fraction of sp³-hybridized carbons (Fsp3) is 0.318. The average Bonchev–Trinajstić information content (AvgIpc) is 2.87. The number of rotatable bonds is 3. The zero-order valence-electron chi connectivity index (χ0n) is 15.6. The lowest BCUT2D eigenvalue weighted by Gasteiger charge is -2.37. The van der Waals surface area contributed by atoms with Crippen LogP contribution in [0.2, 0.25) is 0 Å². The molecular weight excluding hydrogens is 368 g/mol. The molecule has 0 bridgehead atoms. The zero-order valence-corrected chi connectivity index (χ0v) is 16.4. The van der Waals surface area contributed by atoms with Crippen LogP contribution in [0.1, 0.15) is 37.7 Å². The van der Waals surface area contributed by atoms with Crippen molar-refractivity contribution in [3.05, 3.63) is 60.2 Å². The molecule has 2 aromatic carbocycles. The highest BCUT2D eigenvalue weighted by Gasteiger charge is 2.39. The highest BCUT2D eigenvalue weighted by Crippen LogP contribution is 2.43. The topological polar surface area (TPSA) is 59.9 Å². The Bertz CT molecular complexity index is 973. The van der Waals surface area contributed by atoms with E-state index in [1.54, 1.807) is 11.8 Å². The summed E-state index contributed by atoms with van der Waals surface area (Å²) in [6, 6.07) is 18.5. The van der Waals surface area contributed by atoms with Gasteiger partial charge in [0, 0.05) is 29.8 Å². The van der Waals surface area contributed by atoms with Crippen LogP contribution in [0, 0.1) is 0 Å². The number of nitrogens with one attached hydrogen (secondary N) is 1. The van der Waals surface area contributed by atoms with Gasteiger partial charge in [-0.15, -0.1) is 10.2 Å². The number of benzene rings is 2. The molecule has 0 unspecified atom stereocenters. The van der Waals surface area contributed by atoms with Crippen LogP contribution in [0.25, 0.3) is 11.3 Å². The summed E-state index contributed by atoms with van der Waals surface area (Å²) in [5.41, 5.74) is 3.60. The number of nitrogens with zero attached hydrogens (tertiary/aromatic N) is 3. The summed E-state index contributed by atoms with van der Waals surface area (Å²) in [4.78, 5) is 4.76. The third kappa shape index (κ3) is 3.44. The van der Waals surface area contributed by atoms with Gasteiger partial charge in [-0.05, 0) is 24.5 Å². The predicted octanol–water partition coefficient (Wildman–Crippen LogP) is 5.30. The monoisotopic (exact) mass is 390 g/mol. The first kappa shape index (κ1) is 17.5. The Kier molecular flexibility index (Phi) is 4.64.